The second-order valence-electron chi connectivity index (χ2n) is 20.1. The van der Waals surface area contributed by atoms with E-state index in [1.54, 1.807) is 13.8 Å². The van der Waals surface area contributed by atoms with Gasteiger partial charge in [0.25, 0.3) is 0 Å². The van der Waals surface area contributed by atoms with Crippen LogP contribution >= 0.6 is 0 Å². The third kappa shape index (κ3) is 16.4. The van der Waals surface area contributed by atoms with E-state index >= 15 is 0 Å². The maximum absolute atomic E-state index is 13.9. The molecule has 1 rings (SSSR count). The lowest BCUT2D eigenvalue weighted by molar-refractivity contribution is -0.161. The third-order valence-electron chi connectivity index (χ3n) is 12.0. The number of nitrogens with one attached hydrogen (secondary N) is 1. The molecule has 316 valence electrons. The molecule has 55 heavy (non-hydrogen) atoms. The summed E-state index contributed by atoms with van der Waals surface area (Å²) in [6.07, 6.45) is 10.8. The van der Waals surface area contributed by atoms with Gasteiger partial charge in [0, 0.05) is 6.42 Å². The fourth-order valence-electron chi connectivity index (χ4n) is 5.14. The van der Waals surface area contributed by atoms with Crippen LogP contribution in [0.25, 0.3) is 0 Å². The highest BCUT2D eigenvalue weighted by Crippen LogP contribution is 2.40. The molecule has 1 aliphatic heterocycles. The van der Waals surface area contributed by atoms with Crippen LogP contribution in [0.15, 0.2) is 47.6 Å². The van der Waals surface area contributed by atoms with Crippen LogP contribution in [0, 0.1) is 5.92 Å². The van der Waals surface area contributed by atoms with Gasteiger partial charge in [-0.05, 0) is 88.5 Å². The molecule has 1 aliphatic rings. The van der Waals surface area contributed by atoms with Crippen molar-refractivity contribution in [1.82, 2.24) is 5.32 Å². The third-order valence-corrected chi connectivity index (χ3v) is 25.6. The van der Waals surface area contributed by atoms with Gasteiger partial charge in [-0.15, -0.1) is 0 Å². The van der Waals surface area contributed by atoms with Gasteiger partial charge >= 0.3 is 11.9 Å². The van der Waals surface area contributed by atoms with Crippen molar-refractivity contribution >= 4 is 42.8 Å². The molecule has 6 atom stereocenters. The molecule has 0 fully saturated rings. The lowest BCUT2D eigenvalue weighted by Gasteiger charge is -2.39. The van der Waals surface area contributed by atoms with E-state index in [4.69, 9.17) is 22.8 Å². The first-order chi connectivity index (χ1) is 24.7. The quantitative estimate of drug-likeness (QED) is 0.171. The number of carbonyl (C=O) groups is 3. The molecule has 0 aromatic carbocycles. The van der Waals surface area contributed by atoms with Crippen molar-refractivity contribution in [1.29, 1.82) is 0 Å². The first kappa shape index (κ1) is 50.9. The highest BCUT2D eigenvalue weighted by atomic mass is 28.4. The Morgan fingerprint density at radius 2 is 1.25 bits per heavy atom. The van der Waals surface area contributed by atoms with Crippen molar-refractivity contribution in [3.63, 3.8) is 0 Å². The number of hydrogen-bond acceptors (Lipinski definition) is 8. The number of methoxy groups -OCH3 is 1. The largest absolute Gasteiger partial charge is 0.469 e. The normalized spacial score (nSPS) is 26.2. The molecule has 1 amide bonds. The van der Waals surface area contributed by atoms with E-state index in [1.165, 1.54) is 7.11 Å². The Balaban J connectivity index is 3.87. The summed E-state index contributed by atoms with van der Waals surface area (Å²) in [5.74, 6) is -2.10. The van der Waals surface area contributed by atoms with E-state index in [1.807, 2.05) is 25.2 Å². The van der Waals surface area contributed by atoms with Crippen molar-refractivity contribution in [3.8, 4) is 0 Å². The minimum Gasteiger partial charge on any atom is -0.469 e. The molecule has 0 spiro atoms. The molecule has 12 heteroatoms. The molecule has 9 nitrogen and oxygen atoms in total. The summed E-state index contributed by atoms with van der Waals surface area (Å²) in [6, 6.07) is -0.707. The van der Waals surface area contributed by atoms with Crippen molar-refractivity contribution in [2.24, 2.45) is 5.92 Å². The van der Waals surface area contributed by atoms with Gasteiger partial charge in [-0.3, -0.25) is 14.4 Å². The highest BCUT2D eigenvalue weighted by Gasteiger charge is 2.42. The van der Waals surface area contributed by atoms with Gasteiger partial charge in [0.15, 0.2) is 25.0 Å². The maximum atomic E-state index is 13.9. The van der Waals surface area contributed by atoms with E-state index in [0.29, 0.717) is 6.42 Å². The number of amides is 1. The number of carbonyl (C=O) groups excluding carboxylic acids is 3. The zero-order valence-electron chi connectivity index (χ0n) is 38.3. The van der Waals surface area contributed by atoms with E-state index in [0.717, 1.165) is 11.1 Å². The number of rotatable bonds is 10. The average molecular weight is 822 g/mol. The van der Waals surface area contributed by atoms with E-state index in [-0.39, 0.29) is 40.0 Å². The van der Waals surface area contributed by atoms with E-state index in [2.05, 4.69) is 132 Å². The van der Waals surface area contributed by atoms with Gasteiger partial charge in [-0.25, -0.2) is 0 Å². The predicted molar refractivity (Wildman–Crippen MR) is 235 cm³/mol. The fraction of sp³-hybridized carbons (Fsp3) is 0.744. The second-order valence-corrected chi connectivity index (χ2v) is 34.3. The van der Waals surface area contributed by atoms with Crippen LogP contribution in [-0.4, -0.2) is 80.4 Å². The van der Waals surface area contributed by atoms with E-state index < -0.39 is 67.2 Å². The van der Waals surface area contributed by atoms with Crippen LogP contribution in [0.1, 0.15) is 109 Å². The molecular formula is C43H79NO8Si3. The Bertz CT molecular complexity index is 1430. The van der Waals surface area contributed by atoms with Crippen LogP contribution in [-0.2, 0) is 37.1 Å². The molecule has 0 aliphatic carbocycles. The van der Waals surface area contributed by atoms with Crippen molar-refractivity contribution in [3.05, 3.63) is 47.6 Å². The van der Waals surface area contributed by atoms with Crippen molar-refractivity contribution in [2.45, 2.75) is 194 Å². The van der Waals surface area contributed by atoms with Gasteiger partial charge in [0.2, 0.25) is 5.91 Å². The molecule has 0 saturated heterocycles. The smallest absolute Gasteiger partial charge is 0.312 e. The lowest BCUT2D eigenvalue weighted by atomic mass is 9.98. The Morgan fingerprint density at radius 1 is 0.782 bits per heavy atom. The first-order valence-corrected chi connectivity index (χ1v) is 28.8. The minimum absolute atomic E-state index is 0.0169. The second kappa shape index (κ2) is 20.0. The number of ether oxygens (including phenoxy) is 2. The van der Waals surface area contributed by atoms with Crippen LogP contribution in [0.2, 0.25) is 54.4 Å². The predicted octanol–water partition coefficient (Wildman–Crippen LogP) is 10.6. The topological polar surface area (TPSA) is 109 Å². The Labute approximate surface area is 338 Å². The SMILES string of the molecule is COC(=O)[C@H](C)[C@H]1C[C@H](O[Si](C)(C)C(C)(C)C)/C=C/C(C)=C/C[C@H](O[Si](C)(C)C(C)(C)C)/C=C/C(C)=C/[C@@H](NC(=O)[C@H](C)O[Si](C)(C)C(C)(C)C)CC(=O)O1. The molecule has 0 aromatic rings. The molecule has 1 N–H and O–H groups in total. The summed E-state index contributed by atoms with van der Waals surface area (Å²) >= 11 is 0. The van der Waals surface area contributed by atoms with Gasteiger partial charge in [0.1, 0.15) is 12.2 Å². The molecule has 0 saturated carbocycles. The number of allylic oxidation sites excluding steroid dienone is 4. The van der Waals surface area contributed by atoms with Crippen LogP contribution in [0.4, 0.5) is 0 Å². The Kier molecular flexibility index (Phi) is 18.6. The summed E-state index contributed by atoms with van der Waals surface area (Å²) in [5, 5.41) is 2.91. The first-order valence-electron chi connectivity index (χ1n) is 20.1. The van der Waals surface area contributed by atoms with Crippen LogP contribution in [0.3, 0.4) is 0 Å². The summed E-state index contributed by atoms with van der Waals surface area (Å²) < 4.78 is 31.5. The molecule has 1 heterocycles. The number of hydrogen-bond donors (Lipinski definition) is 1. The van der Waals surface area contributed by atoms with Gasteiger partial charge in [-0.2, -0.15) is 0 Å². The number of esters is 2. The summed E-state index contributed by atoms with van der Waals surface area (Å²) in [4.78, 5) is 40.6. The van der Waals surface area contributed by atoms with Gasteiger partial charge < -0.3 is 28.1 Å². The minimum atomic E-state index is -2.31. The van der Waals surface area contributed by atoms with Crippen LogP contribution in [0.5, 0.6) is 0 Å². The lowest BCUT2D eigenvalue weighted by Crippen LogP contribution is -2.49. The zero-order chi connectivity index (χ0) is 43.0. The molecule has 0 unspecified atom stereocenters. The average Bonchev–Trinajstić information content (AvgIpc) is 3.01. The maximum Gasteiger partial charge on any atom is 0.312 e. The summed E-state index contributed by atoms with van der Waals surface area (Å²) in [5.41, 5.74) is 1.90. The number of cyclic esters (lactones) is 1. The molecule has 0 aromatic heterocycles. The molecule has 0 bridgehead atoms. The van der Waals surface area contributed by atoms with Gasteiger partial charge in [0.05, 0.1) is 37.7 Å². The zero-order valence-corrected chi connectivity index (χ0v) is 41.3. The Morgan fingerprint density at radius 3 is 1.75 bits per heavy atom. The van der Waals surface area contributed by atoms with Crippen molar-refractivity contribution < 1.29 is 37.1 Å². The van der Waals surface area contributed by atoms with Crippen LogP contribution < -0.4 is 5.32 Å². The molecular weight excluding hydrogens is 743 g/mol. The van der Waals surface area contributed by atoms with E-state index in [9.17, 15) is 14.4 Å². The van der Waals surface area contributed by atoms with Gasteiger partial charge in [-0.1, -0.05) is 110 Å². The standard InChI is InChI=1S/C43H79NO8Si3/c1-30-21-24-35(51-54(17,18)42(8,9)10)25-23-31(2)27-34(44-39(46)33(4)50-53(15,16)41(5,6)7)28-38(45)49-37(32(3)40(47)48-14)29-36(26-22-30)52-55(19,20)43(11,12)13/h21-23,25-27,32-37H,24,28-29H2,1-20H3,(H,44,46)/b25-23+,26-22+,30-21+,31-27+/t32-,33+,34-,35+,36-,37-/m1/s1. The Hall–Kier alpha value is -2.10. The fourth-order valence-corrected chi connectivity index (χ4v) is 9.06. The summed E-state index contributed by atoms with van der Waals surface area (Å²) in [6.45, 7) is 40.2. The molecule has 0 radical (unpaired) electrons. The highest BCUT2D eigenvalue weighted by molar-refractivity contribution is 6.75. The van der Waals surface area contributed by atoms with Crippen molar-refractivity contribution in [2.75, 3.05) is 7.11 Å². The summed E-state index contributed by atoms with van der Waals surface area (Å²) in [7, 11) is -5.38. The monoisotopic (exact) mass is 822 g/mol.